The maximum Gasteiger partial charge on any atom is 0.116 e. The second-order valence-electron chi connectivity index (χ2n) is 2.16. The lowest BCUT2D eigenvalue weighted by Gasteiger charge is -2.14. The van der Waals surface area contributed by atoms with Gasteiger partial charge in [0.1, 0.15) is 12.5 Å². The van der Waals surface area contributed by atoms with Crippen LogP contribution in [-0.2, 0) is 4.79 Å². The quantitative estimate of drug-likeness (QED) is 0.516. The molecule has 2 nitrogen and oxygen atoms in total. The van der Waals surface area contributed by atoms with Crippen LogP contribution in [0.3, 0.4) is 0 Å². The molecule has 60 valence electrons. The van der Waals surface area contributed by atoms with Gasteiger partial charge in [-0.25, -0.2) is 4.39 Å². The van der Waals surface area contributed by atoms with Crippen molar-refractivity contribution in [2.45, 2.75) is 25.9 Å². The average molecular weight is 147 g/mol. The highest BCUT2D eigenvalue weighted by molar-refractivity contribution is 5.44. The molecule has 0 amide bonds. The number of aldehydes is 1. The van der Waals surface area contributed by atoms with Crippen LogP contribution in [0.2, 0.25) is 0 Å². The first kappa shape index (κ1) is 9.56. The van der Waals surface area contributed by atoms with Crippen LogP contribution in [0.5, 0.6) is 0 Å². The van der Waals surface area contributed by atoms with Gasteiger partial charge in [-0.1, -0.05) is 0 Å². The molecule has 1 heterocycles. The van der Waals surface area contributed by atoms with E-state index in [0.29, 0.717) is 12.8 Å². The third kappa shape index (κ3) is 5.69. The third-order valence-corrected chi connectivity index (χ3v) is 1.27. The summed E-state index contributed by atoms with van der Waals surface area (Å²) >= 11 is 0. The van der Waals surface area contributed by atoms with Gasteiger partial charge in [-0.2, -0.15) is 0 Å². The van der Waals surface area contributed by atoms with Gasteiger partial charge in [-0.05, 0) is 32.9 Å². The molecule has 0 spiro atoms. The number of hydrogen-bond acceptors (Lipinski definition) is 2. The Labute approximate surface area is 60.8 Å². The Morgan fingerprint density at radius 2 is 1.90 bits per heavy atom. The molecule has 0 aromatic carbocycles. The number of carbonyl (C=O) groups excluding carboxylic acids is 1. The summed E-state index contributed by atoms with van der Waals surface area (Å²) in [6.45, 7) is 3.17. The van der Waals surface area contributed by atoms with Crippen molar-refractivity contribution in [2.24, 2.45) is 0 Å². The van der Waals surface area contributed by atoms with Gasteiger partial charge in [0.25, 0.3) is 0 Å². The van der Waals surface area contributed by atoms with Crippen LogP contribution < -0.4 is 5.32 Å². The molecular formula is C7H14FNO. The van der Waals surface area contributed by atoms with Crippen LogP contribution in [0.15, 0.2) is 0 Å². The molecule has 1 aliphatic rings. The van der Waals surface area contributed by atoms with Crippen molar-refractivity contribution in [1.82, 2.24) is 5.32 Å². The first-order valence-corrected chi connectivity index (χ1v) is 3.55. The summed E-state index contributed by atoms with van der Waals surface area (Å²) in [6.07, 6.45) is 1.64. The van der Waals surface area contributed by atoms with Crippen LogP contribution in [0.25, 0.3) is 0 Å². The fourth-order valence-corrected chi connectivity index (χ4v) is 0.787. The zero-order valence-corrected chi connectivity index (χ0v) is 6.27. The number of nitrogens with one attached hydrogen (secondary N) is 1. The Morgan fingerprint density at radius 3 is 2.10 bits per heavy atom. The van der Waals surface area contributed by atoms with Gasteiger partial charge in [0.2, 0.25) is 0 Å². The fourth-order valence-electron chi connectivity index (χ4n) is 0.787. The maximum absolute atomic E-state index is 12.1. The summed E-state index contributed by atoms with van der Waals surface area (Å²) in [5.41, 5.74) is 0. The van der Waals surface area contributed by atoms with Crippen molar-refractivity contribution in [1.29, 1.82) is 0 Å². The molecule has 0 bridgehead atoms. The summed E-state index contributed by atoms with van der Waals surface area (Å²) < 4.78 is 12.1. The summed E-state index contributed by atoms with van der Waals surface area (Å²) in [6, 6.07) is 0. The number of halogens is 1. The Bertz CT molecular complexity index is 81.7. The van der Waals surface area contributed by atoms with Gasteiger partial charge in [-0.3, -0.25) is 0 Å². The molecule has 0 aromatic rings. The topological polar surface area (TPSA) is 29.1 Å². The van der Waals surface area contributed by atoms with Gasteiger partial charge in [-0.15, -0.1) is 0 Å². The molecule has 0 saturated carbocycles. The number of rotatable bonds is 0. The molecule has 0 unspecified atom stereocenters. The minimum absolute atomic E-state index is 0.527. The molecule has 0 aliphatic carbocycles. The van der Waals surface area contributed by atoms with Crippen LogP contribution in [-0.4, -0.2) is 25.5 Å². The van der Waals surface area contributed by atoms with Gasteiger partial charge >= 0.3 is 0 Å². The van der Waals surface area contributed by atoms with Gasteiger partial charge in [0.15, 0.2) is 0 Å². The van der Waals surface area contributed by atoms with Crippen molar-refractivity contribution in [3.05, 3.63) is 0 Å². The number of alkyl halides is 1. The molecule has 0 atom stereocenters. The Balaban J connectivity index is 0.000000236. The van der Waals surface area contributed by atoms with Crippen molar-refractivity contribution >= 4 is 6.29 Å². The van der Waals surface area contributed by atoms with E-state index in [0.717, 1.165) is 19.4 Å². The highest BCUT2D eigenvalue weighted by Gasteiger charge is 2.09. The monoisotopic (exact) mass is 147 g/mol. The first-order valence-electron chi connectivity index (χ1n) is 3.55. The molecule has 1 rings (SSSR count). The second kappa shape index (κ2) is 6.68. The molecule has 0 radical (unpaired) electrons. The highest BCUT2D eigenvalue weighted by atomic mass is 19.1. The van der Waals surface area contributed by atoms with Gasteiger partial charge in [0, 0.05) is 0 Å². The van der Waals surface area contributed by atoms with E-state index < -0.39 is 6.17 Å². The second-order valence-corrected chi connectivity index (χ2v) is 2.16. The zero-order chi connectivity index (χ0) is 7.82. The summed E-state index contributed by atoms with van der Waals surface area (Å²) in [5.74, 6) is 0. The van der Waals surface area contributed by atoms with E-state index in [2.05, 4.69) is 5.32 Å². The van der Waals surface area contributed by atoms with Gasteiger partial charge in [0.05, 0.1) is 0 Å². The minimum Gasteiger partial charge on any atom is -0.317 e. The average Bonchev–Trinajstić information content (AvgIpc) is 1.91. The normalized spacial score (nSPS) is 19.0. The molecule has 1 aliphatic heterocycles. The zero-order valence-electron chi connectivity index (χ0n) is 6.27. The molecule has 0 aromatic heterocycles. The smallest absolute Gasteiger partial charge is 0.116 e. The van der Waals surface area contributed by atoms with Crippen LogP contribution in [0.1, 0.15) is 19.8 Å². The fraction of sp³-hybridized carbons (Fsp3) is 0.857. The molecule has 1 N–H and O–H groups in total. The number of hydrogen-bond donors (Lipinski definition) is 1. The first-order chi connectivity index (χ1) is 4.81. The molecule has 1 fully saturated rings. The molecule has 1 saturated heterocycles. The maximum atomic E-state index is 12.1. The SMILES string of the molecule is CC=O.FC1CCNCC1. The molecular weight excluding hydrogens is 133 g/mol. The number of piperidine rings is 1. The van der Waals surface area contributed by atoms with Gasteiger partial charge < -0.3 is 10.1 Å². The Morgan fingerprint density at radius 1 is 1.50 bits per heavy atom. The largest absolute Gasteiger partial charge is 0.317 e. The Hall–Kier alpha value is -0.440. The van der Waals surface area contributed by atoms with Crippen LogP contribution in [0, 0.1) is 0 Å². The summed E-state index contributed by atoms with van der Waals surface area (Å²) in [5, 5.41) is 3.08. The third-order valence-electron chi connectivity index (χ3n) is 1.27. The minimum atomic E-state index is -0.527. The Kier molecular flexibility index (Phi) is 6.38. The predicted molar refractivity (Wildman–Crippen MR) is 38.7 cm³/mol. The van der Waals surface area contributed by atoms with Crippen LogP contribution in [0.4, 0.5) is 4.39 Å². The predicted octanol–water partition coefficient (Wildman–Crippen LogP) is 0.913. The van der Waals surface area contributed by atoms with Crippen molar-refractivity contribution in [3.63, 3.8) is 0 Å². The van der Waals surface area contributed by atoms with E-state index >= 15 is 0 Å². The highest BCUT2D eigenvalue weighted by Crippen LogP contribution is 2.04. The lowest BCUT2D eigenvalue weighted by molar-refractivity contribution is -0.106. The van der Waals surface area contributed by atoms with E-state index in [1.807, 2.05) is 0 Å². The summed E-state index contributed by atoms with van der Waals surface area (Å²) in [4.78, 5) is 8.81. The van der Waals surface area contributed by atoms with Crippen molar-refractivity contribution in [2.75, 3.05) is 13.1 Å². The standard InChI is InChI=1S/C5H10FN.C2H4O/c6-5-1-3-7-4-2-5;1-2-3/h5,7H,1-4H2;2H,1H3. The van der Waals surface area contributed by atoms with E-state index in [4.69, 9.17) is 4.79 Å². The summed E-state index contributed by atoms with van der Waals surface area (Å²) in [7, 11) is 0. The lowest BCUT2D eigenvalue weighted by Crippen LogP contribution is -2.28. The van der Waals surface area contributed by atoms with E-state index in [9.17, 15) is 4.39 Å². The van der Waals surface area contributed by atoms with Crippen molar-refractivity contribution < 1.29 is 9.18 Å². The molecule has 3 heteroatoms. The lowest BCUT2D eigenvalue weighted by atomic mass is 10.1. The number of carbonyl (C=O) groups is 1. The molecule has 10 heavy (non-hydrogen) atoms. The van der Waals surface area contributed by atoms with Crippen LogP contribution >= 0.6 is 0 Å². The van der Waals surface area contributed by atoms with E-state index in [1.165, 1.54) is 6.92 Å². The van der Waals surface area contributed by atoms with E-state index in [1.54, 1.807) is 0 Å². The van der Waals surface area contributed by atoms with Crippen molar-refractivity contribution in [3.8, 4) is 0 Å². The van der Waals surface area contributed by atoms with E-state index in [-0.39, 0.29) is 0 Å².